The third-order valence-electron chi connectivity index (χ3n) is 2.89. The molecule has 5 heteroatoms. The maximum atomic E-state index is 12.3. The van der Waals surface area contributed by atoms with E-state index in [9.17, 15) is 9.59 Å². The van der Waals surface area contributed by atoms with E-state index in [4.69, 9.17) is 16.0 Å². The molecule has 0 aliphatic carbocycles. The fourth-order valence-electron chi connectivity index (χ4n) is 2.05. The molecule has 0 fully saturated rings. The molecule has 0 atom stereocenters. The van der Waals surface area contributed by atoms with Crippen molar-refractivity contribution in [3.8, 4) is 0 Å². The van der Waals surface area contributed by atoms with Crippen LogP contribution in [0.5, 0.6) is 0 Å². The number of carbonyl (C=O) groups is 2. The number of halogens is 1. The Morgan fingerprint density at radius 2 is 2.11 bits per heavy atom. The summed E-state index contributed by atoms with van der Waals surface area (Å²) in [6.07, 6.45) is 3.57. The van der Waals surface area contributed by atoms with Gasteiger partial charge in [-0.2, -0.15) is 0 Å². The number of fused-ring (bicyclic) bond motifs is 1. The molecule has 3 aromatic rings. The summed E-state index contributed by atoms with van der Waals surface area (Å²) in [6.45, 7) is 0. The van der Waals surface area contributed by atoms with Crippen molar-refractivity contribution in [3.05, 3.63) is 59.1 Å². The normalized spacial score (nSPS) is 10.8. The van der Waals surface area contributed by atoms with Crippen molar-refractivity contribution < 1.29 is 14.0 Å². The molecule has 0 spiro atoms. The molecule has 1 aromatic carbocycles. The van der Waals surface area contributed by atoms with E-state index >= 15 is 0 Å². The van der Waals surface area contributed by atoms with Gasteiger partial charge in [0.25, 0.3) is 5.91 Å². The number of benzene rings is 1. The number of rotatable bonds is 2. The van der Waals surface area contributed by atoms with Crippen LogP contribution in [0.25, 0.3) is 10.9 Å². The fourth-order valence-corrected chi connectivity index (χ4v) is 2.33. The predicted octanol–water partition coefficient (Wildman–Crippen LogP) is 3.39. The summed E-state index contributed by atoms with van der Waals surface area (Å²) in [5.41, 5.74) is 0.955. The van der Waals surface area contributed by atoms with Crippen LogP contribution in [0.1, 0.15) is 20.9 Å². The molecule has 0 saturated carbocycles. The predicted molar refractivity (Wildman–Crippen MR) is 70.8 cm³/mol. The number of aromatic nitrogens is 1. The van der Waals surface area contributed by atoms with Crippen molar-refractivity contribution in [1.82, 2.24) is 4.57 Å². The van der Waals surface area contributed by atoms with E-state index in [2.05, 4.69) is 0 Å². The van der Waals surface area contributed by atoms with Crippen LogP contribution in [0.2, 0.25) is 5.02 Å². The van der Waals surface area contributed by atoms with Gasteiger partial charge in [0.15, 0.2) is 12.0 Å². The molecular formula is C14H8ClNO3. The average Bonchev–Trinajstić information content (AvgIpc) is 3.06. The number of aldehydes is 1. The minimum absolute atomic E-state index is 0.203. The first kappa shape index (κ1) is 11.7. The third kappa shape index (κ3) is 1.77. The Bertz CT molecular complexity index is 771. The summed E-state index contributed by atoms with van der Waals surface area (Å²) in [7, 11) is 0. The molecule has 0 aliphatic rings. The highest BCUT2D eigenvalue weighted by molar-refractivity contribution is 6.36. The van der Waals surface area contributed by atoms with Crippen molar-refractivity contribution in [1.29, 1.82) is 0 Å². The minimum Gasteiger partial charge on any atom is -0.459 e. The van der Waals surface area contributed by atoms with E-state index in [1.165, 1.54) is 17.0 Å². The van der Waals surface area contributed by atoms with Gasteiger partial charge in [0.1, 0.15) is 0 Å². The quantitative estimate of drug-likeness (QED) is 0.673. The Morgan fingerprint density at radius 1 is 1.26 bits per heavy atom. The van der Waals surface area contributed by atoms with Gasteiger partial charge in [0, 0.05) is 17.1 Å². The van der Waals surface area contributed by atoms with Gasteiger partial charge in [-0.1, -0.05) is 17.7 Å². The molecule has 2 aromatic heterocycles. The van der Waals surface area contributed by atoms with Crippen LogP contribution in [0, 0.1) is 0 Å². The topological polar surface area (TPSA) is 52.2 Å². The van der Waals surface area contributed by atoms with E-state index in [-0.39, 0.29) is 11.7 Å². The van der Waals surface area contributed by atoms with Crippen molar-refractivity contribution in [2.45, 2.75) is 0 Å². The van der Waals surface area contributed by atoms with E-state index in [1.54, 1.807) is 30.3 Å². The lowest BCUT2D eigenvalue weighted by Gasteiger charge is -2.01. The average molecular weight is 274 g/mol. The zero-order chi connectivity index (χ0) is 13.4. The van der Waals surface area contributed by atoms with Gasteiger partial charge in [-0.15, -0.1) is 0 Å². The Hall–Kier alpha value is -2.33. The van der Waals surface area contributed by atoms with Crippen LogP contribution in [0.15, 0.2) is 47.2 Å². The minimum atomic E-state index is -0.342. The lowest BCUT2D eigenvalue weighted by Crippen LogP contribution is -2.09. The number of nitrogens with zero attached hydrogens (tertiary/aromatic N) is 1. The second-order valence-corrected chi connectivity index (χ2v) is 4.40. The van der Waals surface area contributed by atoms with Crippen LogP contribution in [0.3, 0.4) is 0 Å². The number of hydrogen-bond donors (Lipinski definition) is 0. The Labute approximate surface area is 113 Å². The first-order valence-electron chi connectivity index (χ1n) is 5.55. The van der Waals surface area contributed by atoms with Crippen LogP contribution in [0.4, 0.5) is 0 Å². The standard InChI is InChI=1S/C14H8ClNO3/c15-10-3-1-4-11-13(10)9(8-17)7-16(11)14(18)12-5-2-6-19-12/h1-8H. The van der Waals surface area contributed by atoms with Crippen molar-refractivity contribution in [2.75, 3.05) is 0 Å². The zero-order valence-electron chi connectivity index (χ0n) is 9.67. The van der Waals surface area contributed by atoms with E-state index in [1.807, 2.05) is 0 Å². The molecule has 2 heterocycles. The van der Waals surface area contributed by atoms with Crippen molar-refractivity contribution in [3.63, 3.8) is 0 Å². The van der Waals surface area contributed by atoms with Gasteiger partial charge in [0.2, 0.25) is 0 Å². The van der Waals surface area contributed by atoms with Crippen molar-refractivity contribution >= 4 is 34.7 Å². The lowest BCUT2D eigenvalue weighted by atomic mass is 10.2. The van der Waals surface area contributed by atoms with E-state index in [0.717, 1.165) is 0 Å². The Kier molecular flexibility index (Phi) is 2.72. The van der Waals surface area contributed by atoms with Crippen LogP contribution < -0.4 is 0 Å². The van der Waals surface area contributed by atoms with E-state index in [0.29, 0.717) is 27.8 Å². The van der Waals surface area contributed by atoms with Gasteiger partial charge in [-0.25, -0.2) is 0 Å². The molecule has 94 valence electrons. The smallest absolute Gasteiger partial charge is 0.298 e. The Morgan fingerprint density at radius 3 is 2.79 bits per heavy atom. The summed E-state index contributed by atoms with van der Waals surface area (Å²) in [5.74, 6) is -0.139. The highest BCUT2D eigenvalue weighted by Crippen LogP contribution is 2.28. The van der Waals surface area contributed by atoms with Crippen molar-refractivity contribution in [2.24, 2.45) is 0 Å². The second-order valence-electron chi connectivity index (χ2n) is 3.99. The summed E-state index contributed by atoms with van der Waals surface area (Å²) in [6, 6.07) is 8.34. The van der Waals surface area contributed by atoms with Crippen LogP contribution >= 0.6 is 11.6 Å². The third-order valence-corrected chi connectivity index (χ3v) is 3.20. The second kappa shape index (κ2) is 4.40. The molecule has 0 saturated heterocycles. The fraction of sp³-hybridized carbons (Fsp3) is 0. The number of furan rings is 1. The maximum absolute atomic E-state index is 12.3. The van der Waals surface area contributed by atoms with Gasteiger partial charge < -0.3 is 4.42 Å². The molecule has 0 bridgehead atoms. The maximum Gasteiger partial charge on any atom is 0.298 e. The highest BCUT2D eigenvalue weighted by Gasteiger charge is 2.18. The van der Waals surface area contributed by atoms with Gasteiger partial charge >= 0.3 is 0 Å². The highest BCUT2D eigenvalue weighted by atomic mass is 35.5. The molecule has 0 N–H and O–H groups in total. The summed E-state index contributed by atoms with van der Waals surface area (Å²) in [4.78, 5) is 23.4. The largest absolute Gasteiger partial charge is 0.459 e. The first-order valence-corrected chi connectivity index (χ1v) is 5.93. The molecule has 19 heavy (non-hydrogen) atoms. The molecule has 3 rings (SSSR count). The Balaban J connectivity index is 2.28. The summed E-state index contributed by atoms with van der Waals surface area (Å²) < 4.78 is 6.44. The monoisotopic (exact) mass is 273 g/mol. The van der Waals surface area contributed by atoms with Crippen LogP contribution in [-0.2, 0) is 0 Å². The molecule has 0 radical (unpaired) electrons. The number of carbonyl (C=O) groups excluding carboxylic acids is 2. The van der Waals surface area contributed by atoms with E-state index < -0.39 is 0 Å². The molecular weight excluding hydrogens is 266 g/mol. The van der Waals surface area contributed by atoms with Gasteiger partial charge in [0.05, 0.1) is 16.8 Å². The molecule has 0 unspecified atom stereocenters. The first-order chi connectivity index (χ1) is 9.22. The summed E-state index contributed by atoms with van der Waals surface area (Å²) in [5, 5.41) is 1.00. The molecule has 0 amide bonds. The molecule has 4 nitrogen and oxygen atoms in total. The molecule has 0 aliphatic heterocycles. The lowest BCUT2D eigenvalue weighted by molar-refractivity contribution is 0.0937. The zero-order valence-corrected chi connectivity index (χ0v) is 10.4. The SMILES string of the molecule is O=Cc1cn(C(=O)c2ccco2)c2cccc(Cl)c12. The summed E-state index contributed by atoms with van der Waals surface area (Å²) >= 11 is 6.08. The van der Waals surface area contributed by atoms with Gasteiger partial charge in [-0.3, -0.25) is 14.2 Å². The van der Waals surface area contributed by atoms with Crippen LogP contribution in [-0.4, -0.2) is 16.8 Å². The number of hydrogen-bond acceptors (Lipinski definition) is 3. The van der Waals surface area contributed by atoms with Gasteiger partial charge in [-0.05, 0) is 24.3 Å².